The van der Waals surface area contributed by atoms with Crippen LogP contribution in [0.25, 0.3) is 0 Å². The minimum atomic E-state index is 0.218. The molecular weight excluding hydrogens is 306 g/mol. The van der Waals surface area contributed by atoms with Crippen molar-refractivity contribution in [3.8, 4) is 5.75 Å². The van der Waals surface area contributed by atoms with E-state index in [1.54, 1.807) is 12.1 Å². The fraction of sp³-hybridized carbons (Fsp3) is 0.222. The Morgan fingerprint density at radius 1 is 1.09 bits per heavy atom. The summed E-state index contributed by atoms with van der Waals surface area (Å²) in [7, 11) is 0. The second-order valence-corrected chi connectivity index (χ2v) is 5.44. The van der Waals surface area contributed by atoms with Crippen LogP contribution in [0.1, 0.15) is 24.5 Å². The van der Waals surface area contributed by atoms with Gasteiger partial charge in [-0.2, -0.15) is 5.10 Å². The molecular formula is C18H21N3OS. The first kappa shape index (κ1) is 17.0. The van der Waals surface area contributed by atoms with Gasteiger partial charge in [-0.1, -0.05) is 42.5 Å². The van der Waals surface area contributed by atoms with Gasteiger partial charge in [-0.3, -0.25) is 5.43 Å². The maximum absolute atomic E-state index is 10.1. The maximum atomic E-state index is 10.1. The number of hydrazone groups is 1. The molecule has 3 N–H and O–H groups in total. The van der Waals surface area contributed by atoms with Crippen LogP contribution < -0.4 is 10.7 Å². The molecule has 0 saturated heterocycles. The second kappa shape index (κ2) is 8.90. The van der Waals surface area contributed by atoms with E-state index in [1.807, 2.05) is 37.3 Å². The average Bonchev–Trinajstić information content (AvgIpc) is 2.57. The van der Waals surface area contributed by atoms with Gasteiger partial charge in [0.05, 0.1) is 5.71 Å². The van der Waals surface area contributed by atoms with Gasteiger partial charge in [0.2, 0.25) is 0 Å². The van der Waals surface area contributed by atoms with Crippen molar-refractivity contribution in [2.45, 2.75) is 19.8 Å². The van der Waals surface area contributed by atoms with E-state index in [9.17, 15) is 5.11 Å². The smallest absolute Gasteiger partial charge is 0.186 e. The van der Waals surface area contributed by atoms with Crippen LogP contribution in [0.5, 0.6) is 5.75 Å². The third-order valence-corrected chi connectivity index (χ3v) is 3.57. The van der Waals surface area contributed by atoms with Crippen LogP contribution in [0.3, 0.4) is 0 Å². The lowest BCUT2D eigenvalue weighted by atomic mass is 10.0. The first-order valence-corrected chi connectivity index (χ1v) is 8.04. The second-order valence-electron chi connectivity index (χ2n) is 5.03. The van der Waals surface area contributed by atoms with E-state index in [4.69, 9.17) is 12.2 Å². The van der Waals surface area contributed by atoms with E-state index in [0.717, 1.165) is 24.2 Å². The molecule has 2 aromatic carbocycles. The lowest BCUT2D eigenvalue weighted by molar-refractivity contribution is 0.474. The average molecular weight is 327 g/mol. The number of rotatable bonds is 6. The van der Waals surface area contributed by atoms with Crippen molar-refractivity contribution in [3.63, 3.8) is 0 Å². The third kappa shape index (κ3) is 5.38. The lowest BCUT2D eigenvalue weighted by Crippen LogP contribution is -2.32. The topological polar surface area (TPSA) is 56.7 Å². The minimum absolute atomic E-state index is 0.218. The molecule has 2 aromatic rings. The van der Waals surface area contributed by atoms with Crippen LogP contribution >= 0.6 is 12.2 Å². The molecule has 0 aliphatic carbocycles. The molecule has 120 valence electrons. The number of phenolic OH excluding ortho intramolecular Hbond substituents is 1. The largest absolute Gasteiger partial charge is 0.507 e. The molecule has 23 heavy (non-hydrogen) atoms. The van der Waals surface area contributed by atoms with Crippen LogP contribution in [0.2, 0.25) is 0 Å². The number of para-hydroxylation sites is 1. The highest BCUT2D eigenvalue weighted by atomic mass is 32.1. The highest BCUT2D eigenvalue weighted by Gasteiger charge is 2.09. The van der Waals surface area contributed by atoms with Gasteiger partial charge in [0.25, 0.3) is 0 Å². The summed E-state index contributed by atoms with van der Waals surface area (Å²) in [6, 6.07) is 17.4. The number of aryl methyl sites for hydroxylation is 1. The number of hydrogen-bond acceptors (Lipinski definition) is 3. The molecule has 5 heteroatoms. The van der Waals surface area contributed by atoms with Gasteiger partial charge in [-0.25, -0.2) is 0 Å². The summed E-state index contributed by atoms with van der Waals surface area (Å²) in [6.45, 7) is 2.70. The summed E-state index contributed by atoms with van der Waals surface area (Å²) < 4.78 is 0. The molecule has 0 spiro atoms. The van der Waals surface area contributed by atoms with Crippen molar-refractivity contribution in [2.24, 2.45) is 5.10 Å². The zero-order valence-electron chi connectivity index (χ0n) is 13.1. The Bertz CT molecular complexity index is 671. The van der Waals surface area contributed by atoms with Crippen LogP contribution in [0, 0.1) is 0 Å². The van der Waals surface area contributed by atoms with Gasteiger partial charge < -0.3 is 10.4 Å². The van der Waals surface area contributed by atoms with Crippen molar-refractivity contribution in [3.05, 3.63) is 65.7 Å². The number of aromatic hydroxyl groups is 1. The molecule has 0 amide bonds. The molecule has 0 fully saturated rings. The number of hydrogen-bond donors (Lipinski definition) is 3. The summed E-state index contributed by atoms with van der Waals surface area (Å²) in [6.07, 6.45) is 1.53. The Kier molecular flexibility index (Phi) is 6.56. The Morgan fingerprint density at radius 3 is 2.48 bits per heavy atom. The Balaban J connectivity index is 2.16. The molecule has 0 heterocycles. The predicted molar refractivity (Wildman–Crippen MR) is 98.8 cm³/mol. The number of benzene rings is 2. The normalized spacial score (nSPS) is 11.1. The summed E-state index contributed by atoms with van der Waals surface area (Å²) in [5.74, 6) is 0.218. The molecule has 2 rings (SSSR count). The molecule has 0 saturated carbocycles. The van der Waals surface area contributed by atoms with Crippen LogP contribution in [-0.2, 0) is 6.42 Å². The van der Waals surface area contributed by atoms with Crippen molar-refractivity contribution in [2.75, 3.05) is 6.54 Å². The van der Waals surface area contributed by atoms with Gasteiger partial charge in [-0.15, -0.1) is 0 Å². The molecule has 0 radical (unpaired) electrons. The zero-order chi connectivity index (χ0) is 16.5. The third-order valence-electron chi connectivity index (χ3n) is 3.34. The molecule has 4 nitrogen and oxygen atoms in total. The van der Waals surface area contributed by atoms with E-state index < -0.39 is 0 Å². The maximum Gasteiger partial charge on any atom is 0.186 e. The summed E-state index contributed by atoms with van der Waals surface area (Å²) in [4.78, 5) is 0. The van der Waals surface area contributed by atoms with E-state index in [-0.39, 0.29) is 5.75 Å². The van der Waals surface area contributed by atoms with E-state index in [2.05, 4.69) is 28.0 Å². The van der Waals surface area contributed by atoms with Gasteiger partial charge >= 0.3 is 0 Å². The quantitative estimate of drug-likeness (QED) is 0.433. The Labute approximate surface area is 142 Å². The highest BCUT2D eigenvalue weighted by molar-refractivity contribution is 7.80. The van der Waals surface area contributed by atoms with Crippen LogP contribution in [-0.4, -0.2) is 22.5 Å². The predicted octanol–water partition coefficient (Wildman–Crippen LogP) is 3.21. The monoisotopic (exact) mass is 327 g/mol. The van der Waals surface area contributed by atoms with E-state index >= 15 is 0 Å². The first-order valence-electron chi connectivity index (χ1n) is 7.63. The Morgan fingerprint density at radius 2 is 1.78 bits per heavy atom. The van der Waals surface area contributed by atoms with Gasteiger partial charge in [0.1, 0.15) is 5.75 Å². The molecule has 0 aromatic heterocycles. The van der Waals surface area contributed by atoms with Crippen LogP contribution in [0.4, 0.5) is 0 Å². The summed E-state index contributed by atoms with van der Waals surface area (Å²) in [5, 5.41) is 17.9. The van der Waals surface area contributed by atoms with E-state index in [1.165, 1.54) is 5.56 Å². The van der Waals surface area contributed by atoms with Crippen LogP contribution in [0.15, 0.2) is 59.7 Å². The fourth-order valence-electron chi connectivity index (χ4n) is 2.19. The zero-order valence-corrected chi connectivity index (χ0v) is 13.9. The molecule has 0 unspecified atom stereocenters. The molecule has 0 bridgehead atoms. The first-order chi connectivity index (χ1) is 11.2. The van der Waals surface area contributed by atoms with E-state index in [0.29, 0.717) is 11.5 Å². The van der Waals surface area contributed by atoms with Gasteiger partial charge in [0, 0.05) is 12.1 Å². The summed E-state index contributed by atoms with van der Waals surface area (Å²) in [5.41, 5.74) is 5.56. The van der Waals surface area contributed by atoms with Crippen molar-refractivity contribution >= 4 is 23.0 Å². The standard InChI is InChI=1S/C18H21N3OS/c1-2-19-18(23)21-20-16(15-10-6-7-11-17(15)22)13-12-14-8-4-3-5-9-14/h3-11,22H,2,12-13H2,1H3,(H2,19,21,23)/b20-16+. The van der Waals surface area contributed by atoms with Crippen molar-refractivity contribution in [1.29, 1.82) is 0 Å². The Hall–Kier alpha value is -2.40. The number of phenols is 1. The highest BCUT2D eigenvalue weighted by Crippen LogP contribution is 2.19. The molecule has 0 aliphatic rings. The van der Waals surface area contributed by atoms with Gasteiger partial charge in [0.15, 0.2) is 5.11 Å². The fourth-order valence-corrected chi connectivity index (χ4v) is 2.38. The molecule has 0 aliphatic heterocycles. The SMILES string of the molecule is CCNC(=S)N/N=C(\CCc1ccccc1)c1ccccc1O. The minimum Gasteiger partial charge on any atom is -0.507 e. The number of nitrogens with zero attached hydrogens (tertiary/aromatic N) is 1. The number of thiocarbonyl (C=S) groups is 1. The van der Waals surface area contributed by atoms with Crippen molar-refractivity contribution < 1.29 is 5.11 Å². The van der Waals surface area contributed by atoms with Gasteiger partial charge in [-0.05, 0) is 49.7 Å². The summed E-state index contributed by atoms with van der Waals surface area (Å²) >= 11 is 5.14. The lowest BCUT2D eigenvalue weighted by Gasteiger charge is -2.11. The number of nitrogens with one attached hydrogen (secondary N) is 2. The van der Waals surface area contributed by atoms with Crippen molar-refractivity contribution in [1.82, 2.24) is 10.7 Å². The molecule has 0 atom stereocenters.